The number of carbonyl (C=O) groups is 3. The van der Waals surface area contributed by atoms with Crippen LogP contribution in [-0.4, -0.2) is 47.3 Å². The highest BCUT2D eigenvalue weighted by Crippen LogP contribution is 2.28. The van der Waals surface area contributed by atoms with E-state index in [0.29, 0.717) is 19.3 Å². The molecule has 2 heterocycles. The van der Waals surface area contributed by atoms with Gasteiger partial charge in [-0.15, -0.1) is 0 Å². The van der Waals surface area contributed by atoms with Gasteiger partial charge in [0.15, 0.2) is 12.3 Å². The number of ether oxygens (including phenoxy) is 2. The number of hydrogen-bond donors (Lipinski definition) is 2. The molecule has 0 spiro atoms. The van der Waals surface area contributed by atoms with E-state index in [1.807, 2.05) is 26.8 Å². The third kappa shape index (κ3) is 11.1. The van der Waals surface area contributed by atoms with E-state index in [-0.39, 0.29) is 24.4 Å². The Kier molecular flexibility index (Phi) is 12.3. The van der Waals surface area contributed by atoms with Gasteiger partial charge in [-0.25, -0.2) is 4.79 Å². The molecular formula is C29H39NO6. The van der Waals surface area contributed by atoms with Crippen LogP contribution in [0.25, 0.3) is 0 Å². The van der Waals surface area contributed by atoms with Crippen molar-refractivity contribution in [3.63, 3.8) is 0 Å². The Bertz CT molecular complexity index is 955. The van der Waals surface area contributed by atoms with Gasteiger partial charge in [0.2, 0.25) is 5.91 Å². The van der Waals surface area contributed by atoms with Crippen molar-refractivity contribution in [2.45, 2.75) is 90.3 Å². The molecular weight excluding hydrogens is 458 g/mol. The SMILES string of the molecule is C=C1C[C@@H]2CCCC(=O)C/C(C)=C\C=C\C(=O)O[C@H]([C@H](O)NC(=O)/C=C\C=C\C)C/C(C)=C/[C@H](C1)O2. The summed E-state index contributed by atoms with van der Waals surface area (Å²) >= 11 is 0. The first kappa shape index (κ1) is 29.2. The Morgan fingerprint density at radius 1 is 1.19 bits per heavy atom. The van der Waals surface area contributed by atoms with Gasteiger partial charge in [-0.3, -0.25) is 9.59 Å². The second kappa shape index (κ2) is 15.2. The lowest BCUT2D eigenvalue weighted by molar-refractivity contribution is -0.151. The fourth-order valence-corrected chi connectivity index (χ4v) is 4.23. The molecule has 1 saturated heterocycles. The lowest BCUT2D eigenvalue weighted by atomic mass is 9.94. The first-order valence-electron chi connectivity index (χ1n) is 12.5. The number of Topliss-reactive ketones (excluding diaryl/α,β-unsaturated/α-hetero) is 1. The lowest BCUT2D eigenvalue weighted by Crippen LogP contribution is -2.44. The second-order valence-electron chi connectivity index (χ2n) is 9.47. The number of nitrogens with one attached hydrogen (secondary N) is 1. The molecule has 36 heavy (non-hydrogen) atoms. The van der Waals surface area contributed by atoms with Crippen LogP contribution >= 0.6 is 0 Å². The van der Waals surface area contributed by atoms with Crippen molar-refractivity contribution in [1.82, 2.24) is 5.32 Å². The molecule has 0 radical (unpaired) electrons. The van der Waals surface area contributed by atoms with Crippen LogP contribution in [0.5, 0.6) is 0 Å². The van der Waals surface area contributed by atoms with Crippen molar-refractivity contribution in [3.8, 4) is 0 Å². The highest BCUT2D eigenvalue weighted by atomic mass is 16.6. The zero-order chi connectivity index (χ0) is 26.5. The molecule has 0 saturated carbocycles. The van der Waals surface area contributed by atoms with Crippen molar-refractivity contribution in [3.05, 3.63) is 71.9 Å². The molecule has 0 aromatic carbocycles. The second-order valence-corrected chi connectivity index (χ2v) is 9.47. The molecule has 1 fully saturated rings. The number of amides is 1. The number of hydrogen-bond acceptors (Lipinski definition) is 6. The molecule has 0 aromatic rings. The molecule has 4 atom stereocenters. The Balaban J connectivity index is 2.25. The summed E-state index contributed by atoms with van der Waals surface area (Å²) in [5, 5.41) is 13.1. The quantitative estimate of drug-likeness (QED) is 0.194. The van der Waals surface area contributed by atoms with Crippen molar-refractivity contribution in [2.24, 2.45) is 0 Å². The maximum atomic E-state index is 12.5. The predicted octanol–water partition coefficient (Wildman–Crippen LogP) is 4.55. The third-order valence-corrected chi connectivity index (χ3v) is 5.90. The van der Waals surface area contributed by atoms with E-state index in [4.69, 9.17) is 9.47 Å². The van der Waals surface area contributed by atoms with Crippen molar-refractivity contribution < 1.29 is 29.0 Å². The molecule has 7 heteroatoms. The van der Waals surface area contributed by atoms with Crippen LogP contribution in [0.3, 0.4) is 0 Å². The van der Waals surface area contributed by atoms with Gasteiger partial charge in [0.1, 0.15) is 5.78 Å². The fraction of sp³-hybridized carbons (Fsp3) is 0.483. The number of fused-ring (bicyclic) bond motifs is 2. The lowest BCUT2D eigenvalue weighted by Gasteiger charge is -2.31. The number of aliphatic hydroxyl groups is 1. The van der Waals surface area contributed by atoms with Gasteiger partial charge in [-0.05, 0) is 46.5 Å². The predicted molar refractivity (Wildman–Crippen MR) is 140 cm³/mol. The molecule has 2 N–H and O–H groups in total. The normalized spacial score (nSPS) is 29.9. The minimum absolute atomic E-state index is 0.00554. The van der Waals surface area contributed by atoms with Crippen LogP contribution in [0.2, 0.25) is 0 Å². The number of allylic oxidation sites excluding steroid dienone is 6. The van der Waals surface area contributed by atoms with Crippen LogP contribution in [0.15, 0.2) is 71.9 Å². The van der Waals surface area contributed by atoms with E-state index in [1.165, 1.54) is 18.2 Å². The molecule has 2 rings (SSSR count). The molecule has 196 valence electrons. The monoisotopic (exact) mass is 497 g/mol. The number of ketones is 1. The number of rotatable bonds is 4. The fourth-order valence-electron chi connectivity index (χ4n) is 4.23. The van der Waals surface area contributed by atoms with E-state index in [0.717, 1.165) is 36.0 Å². The van der Waals surface area contributed by atoms with Gasteiger partial charge in [0, 0.05) is 31.4 Å². The zero-order valence-electron chi connectivity index (χ0n) is 21.6. The van der Waals surface area contributed by atoms with Gasteiger partial charge in [-0.2, -0.15) is 0 Å². The summed E-state index contributed by atoms with van der Waals surface area (Å²) in [6, 6.07) is 0. The topological polar surface area (TPSA) is 102 Å². The smallest absolute Gasteiger partial charge is 0.331 e. The zero-order valence-corrected chi connectivity index (χ0v) is 21.6. The maximum absolute atomic E-state index is 12.5. The van der Waals surface area contributed by atoms with Crippen molar-refractivity contribution >= 4 is 17.7 Å². The van der Waals surface area contributed by atoms with Gasteiger partial charge in [-0.1, -0.05) is 59.8 Å². The Hall–Kier alpha value is -3.03. The van der Waals surface area contributed by atoms with E-state index < -0.39 is 24.2 Å². The molecule has 1 amide bonds. The van der Waals surface area contributed by atoms with Gasteiger partial charge >= 0.3 is 5.97 Å². The molecule has 7 nitrogen and oxygen atoms in total. The van der Waals surface area contributed by atoms with E-state index in [2.05, 4.69) is 11.9 Å². The maximum Gasteiger partial charge on any atom is 0.331 e. The average Bonchev–Trinajstić information content (AvgIpc) is 2.77. The summed E-state index contributed by atoms with van der Waals surface area (Å²) in [5.74, 6) is -1.03. The highest BCUT2D eigenvalue weighted by molar-refractivity contribution is 5.88. The molecule has 0 aliphatic carbocycles. The number of aliphatic hydroxyl groups excluding tert-OH is 1. The first-order chi connectivity index (χ1) is 17.2. The van der Waals surface area contributed by atoms with Crippen molar-refractivity contribution in [1.29, 1.82) is 0 Å². The molecule has 2 aliphatic heterocycles. The van der Waals surface area contributed by atoms with Crippen LogP contribution in [0.1, 0.15) is 65.7 Å². The highest BCUT2D eigenvalue weighted by Gasteiger charge is 2.27. The summed E-state index contributed by atoms with van der Waals surface area (Å²) in [6.45, 7) is 9.69. The molecule has 0 unspecified atom stereocenters. The summed E-state index contributed by atoms with van der Waals surface area (Å²) in [6.07, 6.45) is 14.1. The largest absolute Gasteiger partial charge is 0.454 e. The third-order valence-electron chi connectivity index (χ3n) is 5.90. The van der Waals surface area contributed by atoms with Gasteiger partial charge in [0.05, 0.1) is 12.2 Å². The van der Waals surface area contributed by atoms with Crippen molar-refractivity contribution in [2.75, 3.05) is 0 Å². The minimum atomic E-state index is -1.41. The number of cyclic esters (lactones) is 1. The summed E-state index contributed by atoms with van der Waals surface area (Å²) in [4.78, 5) is 36.9. The summed E-state index contributed by atoms with van der Waals surface area (Å²) in [7, 11) is 0. The summed E-state index contributed by atoms with van der Waals surface area (Å²) in [5.41, 5.74) is 2.77. The summed E-state index contributed by atoms with van der Waals surface area (Å²) < 4.78 is 11.8. The Morgan fingerprint density at radius 2 is 1.97 bits per heavy atom. The van der Waals surface area contributed by atoms with E-state index in [9.17, 15) is 19.5 Å². The van der Waals surface area contributed by atoms with Crippen LogP contribution in [0.4, 0.5) is 0 Å². The van der Waals surface area contributed by atoms with E-state index >= 15 is 0 Å². The molecule has 2 bridgehead atoms. The Morgan fingerprint density at radius 3 is 2.72 bits per heavy atom. The van der Waals surface area contributed by atoms with Crippen LogP contribution in [-0.2, 0) is 23.9 Å². The molecule has 0 aromatic heterocycles. The standard InChI is InChI=1S/C29H39NO6/c1-5-6-7-13-27(32)30-29(34)26-19-22(4)18-25-17-21(3)16-24(35-25)12-9-11-23(31)15-20(2)10-8-14-28(33)36-26/h5-8,10,13-14,18,24-26,29,34H,3,9,11-12,15-17,19H2,1-2,4H3,(H,30,32)/b6-5+,13-7-,14-8+,20-10-,22-18+/t24-,25-,26-,29-/m0/s1. The first-order valence-corrected chi connectivity index (χ1v) is 12.5. The van der Waals surface area contributed by atoms with E-state index in [1.54, 1.807) is 24.3 Å². The molecule has 2 aliphatic rings. The van der Waals surface area contributed by atoms with Crippen LogP contribution < -0.4 is 5.32 Å². The minimum Gasteiger partial charge on any atom is -0.454 e. The average molecular weight is 498 g/mol. The van der Waals surface area contributed by atoms with Crippen LogP contribution in [0, 0.1) is 0 Å². The van der Waals surface area contributed by atoms with Gasteiger partial charge < -0.3 is 19.9 Å². The number of carbonyl (C=O) groups excluding carboxylic acids is 3. The Labute approximate surface area is 214 Å². The number of esters is 1. The van der Waals surface area contributed by atoms with Gasteiger partial charge in [0.25, 0.3) is 0 Å².